The third-order valence-corrected chi connectivity index (χ3v) is 3.44. The van der Waals surface area contributed by atoms with Crippen molar-refractivity contribution < 1.29 is 14.7 Å². The first-order valence-electron chi connectivity index (χ1n) is 6.40. The van der Waals surface area contributed by atoms with Crippen LogP contribution in [0.4, 0.5) is 0 Å². The lowest BCUT2D eigenvalue weighted by Gasteiger charge is -2.27. The Bertz CT molecular complexity index is 679. The number of carbonyl (C=O) groups excluding carboxylic acids is 2. The number of fused-ring (bicyclic) bond motifs is 1. The van der Waals surface area contributed by atoms with Gasteiger partial charge in [-0.15, -0.1) is 0 Å². The van der Waals surface area contributed by atoms with Crippen LogP contribution in [-0.2, 0) is 6.42 Å². The van der Waals surface area contributed by atoms with Gasteiger partial charge < -0.3 is 5.11 Å². The lowest BCUT2D eigenvalue weighted by molar-refractivity contribution is 0.0605. The highest BCUT2D eigenvalue weighted by molar-refractivity contribution is 6.11. The molecule has 3 rings (SSSR count). The van der Waals surface area contributed by atoms with E-state index >= 15 is 0 Å². The zero-order valence-electron chi connectivity index (χ0n) is 10.7. The monoisotopic (exact) mass is 267 g/mol. The van der Waals surface area contributed by atoms with Crippen LogP contribution in [0.15, 0.2) is 48.5 Å². The smallest absolute Gasteiger partial charge is 0.261 e. The predicted molar refractivity (Wildman–Crippen MR) is 73.6 cm³/mol. The molecule has 4 heteroatoms. The summed E-state index contributed by atoms with van der Waals surface area (Å²) in [6, 6.07) is 13.4. The summed E-state index contributed by atoms with van der Waals surface area (Å²) in [5, 5.41) is 9.44. The summed E-state index contributed by atoms with van der Waals surface area (Å²) in [6.45, 7) is 0.336. The number of benzene rings is 2. The molecule has 2 aromatic carbocycles. The van der Waals surface area contributed by atoms with Crippen molar-refractivity contribution in [3.05, 3.63) is 65.2 Å². The number of phenolic OH excluding ortho intramolecular Hbond substituents is 1. The minimum absolute atomic E-state index is 0.138. The molecule has 0 bridgehead atoms. The second kappa shape index (κ2) is 4.81. The molecule has 1 aliphatic heterocycles. The van der Waals surface area contributed by atoms with Crippen molar-refractivity contribution in [3.63, 3.8) is 0 Å². The Morgan fingerprint density at radius 1 is 1.10 bits per heavy atom. The fourth-order valence-corrected chi connectivity index (χ4v) is 2.41. The molecule has 0 saturated heterocycles. The van der Waals surface area contributed by atoms with Crippen molar-refractivity contribution in [2.75, 3.05) is 6.54 Å². The first-order valence-corrected chi connectivity index (χ1v) is 6.40. The van der Waals surface area contributed by atoms with Crippen molar-refractivity contribution in [1.82, 2.24) is 4.90 Å². The standard InChI is InChI=1S/C16H13NO3/c18-13-6-7-14-12(10-13)8-9-17(16(14)20)15(19)11-4-2-1-3-5-11/h1-7,10,18H,8-9H2. The van der Waals surface area contributed by atoms with Crippen LogP contribution in [-0.4, -0.2) is 28.4 Å². The van der Waals surface area contributed by atoms with Gasteiger partial charge >= 0.3 is 0 Å². The fourth-order valence-electron chi connectivity index (χ4n) is 2.41. The van der Waals surface area contributed by atoms with E-state index in [0.29, 0.717) is 24.1 Å². The number of aromatic hydroxyl groups is 1. The molecule has 0 saturated carbocycles. The van der Waals surface area contributed by atoms with Crippen molar-refractivity contribution >= 4 is 11.8 Å². The molecule has 100 valence electrons. The third-order valence-electron chi connectivity index (χ3n) is 3.44. The molecule has 0 radical (unpaired) electrons. The Morgan fingerprint density at radius 3 is 2.60 bits per heavy atom. The van der Waals surface area contributed by atoms with Gasteiger partial charge in [0.25, 0.3) is 11.8 Å². The summed E-state index contributed by atoms with van der Waals surface area (Å²) in [4.78, 5) is 26.0. The van der Waals surface area contributed by atoms with Crippen LogP contribution in [0, 0.1) is 0 Å². The molecule has 2 aromatic rings. The number of imide groups is 1. The molecular weight excluding hydrogens is 254 g/mol. The van der Waals surface area contributed by atoms with Crippen molar-refractivity contribution in [2.24, 2.45) is 0 Å². The minimum atomic E-state index is -0.305. The van der Waals surface area contributed by atoms with Gasteiger partial charge in [-0.25, -0.2) is 0 Å². The minimum Gasteiger partial charge on any atom is -0.508 e. The van der Waals surface area contributed by atoms with Crippen molar-refractivity contribution in [2.45, 2.75) is 6.42 Å². The quantitative estimate of drug-likeness (QED) is 0.806. The van der Waals surface area contributed by atoms with E-state index < -0.39 is 0 Å². The number of hydrogen-bond acceptors (Lipinski definition) is 3. The molecule has 0 spiro atoms. The summed E-state index contributed by atoms with van der Waals surface area (Å²) >= 11 is 0. The number of phenols is 1. The maximum Gasteiger partial charge on any atom is 0.261 e. The second-order valence-corrected chi connectivity index (χ2v) is 4.72. The summed E-state index contributed by atoms with van der Waals surface area (Å²) < 4.78 is 0. The van der Waals surface area contributed by atoms with Gasteiger partial charge in [0, 0.05) is 17.7 Å². The van der Waals surface area contributed by atoms with E-state index in [1.165, 1.54) is 11.0 Å². The van der Waals surface area contributed by atoms with E-state index in [9.17, 15) is 14.7 Å². The molecule has 0 aromatic heterocycles. The Balaban J connectivity index is 1.93. The first kappa shape index (κ1) is 12.4. The Labute approximate surface area is 116 Å². The van der Waals surface area contributed by atoms with E-state index in [2.05, 4.69) is 0 Å². The predicted octanol–water partition coefficient (Wildman–Crippen LogP) is 2.23. The molecule has 0 atom stereocenters. The SMILES string of the molecule is O=C(c1ccccc1)N1CCc2cc(O)ccc2C1=O. The normalized spacial score (nSPS) is 14.0. The van der Waals surface area contributed by atoms with E-state index in [1.54, 1.807) is 36.4 Å². The third kappa shape index (κ3) is 2.05. The van der Waals surface area contributed by atoms with E-state index in [4.69, 9.17) is 0 Å². The number of amides is 2. The number of hydrogen-bond donors (Lipinski definition) is 1. The zero-order valence-corrected chi connectivity index (χ0v) is 10.7. The second-order valence-electron chi connectivity index (χ2n) is 4.72. The molecule has 20 heavy (non-hydrogen) atoms. The van der Waals surface area contributed by atoms with Crippen LogP contribution in [0.2, 0.25) is 0 Å². The Kier molecular flexibility index (Phi) is 2.99. The topological polar surface area (TPSA) is 57.6 Å². The van der Waals surface area contributed by atoms with E-state index in [0.717, 1.165) is 5.56 Å². The average Bonchev–Trinajstić information content (AvgIpc) is 2.48. The Hall–Kier alpha value is -2.62. The highest BCUT2D eigenvalue weighted by atomic mass is 16.3. The van der Waals surface area contributed by atoms with Crippen LogP contribution >= 0.6 is 0 Å². The van der Waals surface area contributed by atoms with Gasteiger partial charge in [0.15, 0.2) is 0 Å². The van der Waals surface area contributed by atoms with Gasteiger partial charge in [-0.1, -0.05) is 18.2 Å². The molecule has 1 aliphatic rings. The van der Waals surface area contributed by atoms with Crippen LogP contribution in [0.25, 0.3) is 0 Å². The van der Waals surface area contributed by atoms with E-state index in [1.807, 2.05) is 6.07 Å². The van der Waals surface area contributed by atoms with Gasteiger partial charge in [0.05, 0.1) is 0 Å². The van der Waals surface area contributed by atoms with Gasteiger partial charge in [0.2, 0.25) is 0 Å². The van der Waals surface area contributed by atoms with Gasteiger partial charge in [0.1, 0.15) is 5.75 Å². The maximum absolute atomic E-state index is 12.4. The van der Waals surface area contributed by atoms with Gasteiger partial charge in [-0.2, -0.15) is 0 Å². The zero-order chi connectivity index (χ0) is 14.1. The summed E-state index contributed by atoms with van der Waals surface area (Å²) in [5.74, 6) is -0.450. The average molecular weight is 267 g/mol. The summed E-state index contributed by atoms with van der Waals surface area (Å²) in [6.07, 6.45) is 0.564. The molecule has 0 fully saturated rings. The molecule has 2 amide bonds. The van der Waals surface area contributed by atoms with Crippen LogP contribution < -0.4 is 0 Å². The highest BCUT2D eigenvalue weighted by Gasteiger charge is 2.29. The molecular formula is C16H13NO3. The van der Waals surface area contributed by atoms with Crippen LogP contribution in [0.3, 0.4) is 0 Å². The van der Waals surface area contributed by atoms with E-state index in [-0.39, 0.29) is 17.6 Å². The lowest BCUT2D eigenvalue weighted by atomic mass is 9.98. The number of carbonyl (C=O) groups is 2. The molecule has 1 N–H and O–H groups in total. The number of rotatable bonds is 1. The van der Waals surface area contributed by atoms with Gasteiger partial charge in [-0.05, 0) is 42.3 Å². The largest absolute Gasteiger partial charge is 0.508 e. The molecule has 4 nitrogen and oxygen atoms in total. The lowest BCUT2D eigenvalue weighted by Crippen LogP contribution is -2.42. The maximum atomic E-state index is 12.4. The summed E-state index contributed by atoms with van der Waals surface area (Å²) in [5.41, 5.74) is 1.77. The molecule has 0 aliphatic carbocycles. The summed E-state index contributed by atoms with van der Waals surface area (Å²) in [7, 11) is 0. The highest BCUT2D eigenvalue weighted by Crippen LogP contribution is 2.24. The molecule has 1 heterocycles. The molecule has 0 unspecified atom stereocenters. The van der Waals surface area contributed by atoms with Crippen LogP contribution in [0.1, 0.15) is 26.3 Å². The van der Waals surface area contributed by atoms with Crippen molar-refractivity contribution in [3.8, 4) is 5.75 Å². The number of nitrogens with zero attached hydrogens (tertiary/aromatic N) is 1. The van der Waals surface area contributed by atoms with Crippen LogP contribution in [0.5, 0.6) is 5.75 Å². The first-order chi connectivity index (χ1) is 9.66. The van der Waals surface area contributed by atoms with Gasteiger partial charge in [-0.3, -0.25) is 14.5 Å². The van der Waals surface area contributed by atoms with Crippen molar-refractivity contribution in [1.29, 1.82) is 0 Å². The Morgan fingerprint density at radius 2 is 1.85 bits per heavy atom. The fraction of sp³-hybridized carbons (Fsp3) is 0.125.